The van der Waals surface area contributed by atoms with Crippen LogP contribution < -0.4 is 10.6 Å². The van der Waals surface area contributed by atoms with Gasteiger partial charge in [0.25, 0.3) is 0 Å². The molecule has 0 amide bonds. The van der Waals surface area contributed by atoms with Gasteiger partial charge < -0.3 is 15.5 Å². The van der Waals surface area contributed by atoms with Crippen molar-refractivity contribution >= 4 is 17.6 Å². The molecule has 0 bridgehead atoms. The van der Waals surface area contributed by atoms with Crippen LogP contribution in [0, 0.1) is 0 Å². The normalized spacial score (nSPS) is 11.6. The van der Waals surface area contributed by atoms with Crippen molar-refractivity contribution in [3.05, 3.63) is 70.2 Å². The highest BCUT2D eigenvalue weighted by Crippen LogP contribution is 2.14. The van der Waals surface area contributed by atoms with Crippen molar-refractivity contribution < 1.29 is 0 Å². The first-order chi connectivity index (χ1) is 12.1. The summed E-state index contributed by atoms with van der Waals surface area (Å²) >= 11 is 6.20. The molecule has 0 aliphatic rings. The van der Waals surface area contributed by atoms with Gasteiger partial charge >= 0.3 is 0 Å². The van der Waals surface area contributed by atoms with Crippen molar-refractivity contribution in [2.75, 3.05) is 20.6 Å². The molecule has 0 heterocycles. The average Bonchev–Trinajstić information content (AvgIpc) is 2.59. The predicted molar refractivity (Wildman–Crippen MR) is 107 cm³/mol. The largest absolute Gasteiger partial charge is 0.357 e. The molecule has 0 atom stereocenters. The van der Waals surface area contributed by atoms with Gasteiger partial charge in [0, 0.05) is 24.7 Å². The molecule has 2 N–H and O–H groups in total. The number of aliphatic imine (C=N–C) groups is 1. The van der Waals surface area contributed by atoms with E-state index in [2.05, 4.69) is 65.8 Å². The Kier molecular flexibility index (Phi) is 7.76. The second-order valence-corrected chi connectivity index (χ2v) is 6.60. The Bertz CT molecular complexity index is 680. The fraction of sp³-hybridized carbons (Fsp3) is 0.350. The monoisotopic (exact) mass is 358 g/mol. The summed E-state index contributed by atoms with van der Waals surface area (Å²) in [5.41, 5.74) is 3.56. The van der Waals surface area contributed by atoms with Crippen molar-refractivity contribution in [1.82, 2.24) is 15.5 Å². The lowest BCUT2D eigenvalue weighted by atomic mass is 10.1. The zero-order valence-corrected chi connectivity index (χ0v) is 16.0. The summed E-state index contributed by atoms with van der Waals surface area (Å²) in [4.78, 5) is 6.82. The van der Waals surface area contributed by atoms with E-state index in [1.54, 1.807) is 0 Å². The number of rotatable bonds is 7. The minimum Gasteiger partial charge on any atom is -0.357 e. The third-order valence-electron chi connectivity index (χ3n) is 3.69. The molecule has 0 spiro atoms. The summed E-state index contributed by atoms with van der Waals surface area (Å²) in [7, 11) is 4.15. The first-order valence-electron chi connectivity index (χ1n) is 8.56. The Balaban J connectivity index is 1.95. The van der Waals surface area contributed by atoms with E-state index in [1.165, 1.54) is 11.1 Å². The molecule has 2 rings (SSSR count). The van der Waals surface area contributed by atoms with Crippen LogP contribution in [0.2, 0.25) is 5.02 Å². The van der Waals surface area contributed by atoms with Gasteiger partial charge in [0.2, 0.25) is 0 Å². The highest BCUT2D eigenvalue weighted by molar-refractivity contribution is 6.31. The van der Waals surface area contributed by atoms with Crippen LogP contribution in [0.3, 0.4) is 0 Å². The van der Waals surface area contributed by atoms with Gasteiger partial charge in [0.05, 0.1) is 6.54 Å². The maximum absolute atomic E-state index is 6.20. The standard InChI is InChI=1S/C20H27ClN4/c1-4-22-20(24-14-18-7-5-6-8-19(18)21)23-13-16-9-11-17(12-10-16)15-25(2)3/h5-12H,4,13-15H2,1-3H3,(H2,22,23,24). The van der Waals surface area contributed by atoms with Gasteiger partial charge in [-0.05, 0) is 43.8 Å². The predicted octanol–water partition coefficient (Wildman–Crippen LogP) is 3.66. The summed E-state index contributed by atoms with van der Waals surface area (Å²) in [5.74, 6) is 0.791. The molecule has 0 radical (unpaired) electrons. The Morgan fingerprint density at radius 1 is 1.00 bits per heavy atom. The first kappa shape index (κ1) is 19.3. The van der Waals surface area contributed by atoms with Crippen LogP contribution in [0.4, 0.5) is 0 Å². The molecule has 2 aromatic rings. The van der Waals surface area contributed by atoms with Crippen molar-refractivity contribution in [2.45, 2.75) is 26.6 Å². The second-order valence-electron chi connectivity index (χ2n) is 6.19. The van der Waals surface area contributed by atoms with Crippen molar-refractivity contribution in [3.63, 3.8) is 0 Å². The third kappa shape index (κ3) is 6.77. The maximum Gasteiger partial charge on any atom is 0.191 e. The van der Waals surface area contributed by atoms with E-state index in [0.717, 1.165) is 29.6 Å². The second kappa shape index (κ2) is 10.1. The maximum atomic E-state index is 6.20. The van der Waals surface area contributed by atoms with Gasteiger partial charge in [-0.1, -0.05) is 54.1 Å². The van der Waals surface area contributed by atoms with Gasteiger partial charge in [-0.25, -0.2) is 4.99 Å². The van der Waals surface area contributed by atoms with E-state index < -0.39 is 0 Å². The molecule has 4 nitrogen and oxygen atoms in total. The van der Waals surface area contributed by atoms with Gasteiger partial charge in [0.1, 0.15) is 0 Å². The zero-order chi connectivity index (χ0) is 18.1. The number of guanidine groups is 1. The summed E-state index contributed by atoms with van der Waals surface area (Å²) in [5, 5.41) is 7.37. The smallest absolute Gasteiger partial charge is 0.191 e. The number of hydrogen-bond acceptors (Lipinski definition) is 2. The van der Waals surface area contributed by atoms with Crippen LogP contribution in [0.5, 0.6) is 0 Å². The first-order valence-corrected chi connectivity index (χ1v) is 8.94. The molecule has 25 heavy (non-hydrogen) atoms. The zero-order valence-electron chi connectivity index (χ0n) is 15.2. The van der Waals surface area contributed by atoms with Crippen LogP contribution in [-0.4, -0.2) is 31.5 Å². The van der Waals surface area contributed by atoms with E-state index in [-0.39, 0.29) is 0 Å². The Labute approximate surface area is 155 Å². The summed E-state index contributed by atoms with van der Waals surface area (Å²) in [6.45, 7) is 5.11. The Morgan fingerprint density at radius 2 is 1.68 bits per heavy atom. The minimum absolute atomic E-state index is 0.639. The number of nitrogens with zero attached hydrogens (tertiary/aromatic N) is 2. The lowest BCUT2D eigenvalue weighted by molar-refractivity contribution is 0.402. The number of benzene rings is 2. The molecule has 5 heteroatoms. The minimum atomic E-state index is 0.639. The average molecular weight is 359 g/mol. The number of hydrogen-bond donors (Lipinski definition) is 2. The molecule has 0 aliphatic heterocycles. The molecule has 0 saturated heterocycles. The van der Waals surface area contributed by atoms with Crippen molar-refractivity contribution in [3.8, 4) is 0 Å². The van der Waals surface area contributed by atoms with E-state index in [1.807, 2.05) is 24.3 Å². The number of nitrogens with one attached hydrogen (secondary N) is 2. The van der Waals surface area contributed by atoms with Crippen molar-refractivity contribution in [2.24, 2.45) is 4.99 Å². The van der Waals surface area contributed by atoms with Crippen molar-refractivity contribution in [1.29, 1.82) is 0 Å². The summed E-state index contributed by atoms with van der Waals surface area (Å²) < 4.78 is 0. The van der Waals surface area contributed by atoms with Gasteiger partial charge in [-0.15, -0.1) is 0 Å². The molecular formula is C20H27ClN4. The van der Waals surface area contributed by atoms with E-state index in [4.69, 9.17) is 11.6 Å². The molecular weight excluding hydrogens is 332 g/mol. The molecule has 0 unspecified atom stereocenters. The SMILES string of the molecule is CCNC(=NCc1ccc(CN(C)C)cc1)NCc1ccccc1Cl. The highest BCUT2D eigenvalue weighted by Gasteiger charge is 2.02. The van der Waals surface area contributed by atoms with E-state index >= 15 is 0 Å². The quantitative estimate of drug-likeness (QED) is 0.586. The molecule has 134 valence electrons. The van der Waals surface area contributed by atoms with E-state index in [0.29, 0.717) is 13.1 Å². The molecule has 2 aromatic carbocycles. The van der Waals surface area contributed by atoms with Gasteiger partial charge in [0.15, 0.2) is 5.96 Å². The lowest BCUT2D eigenvalue weighted by Crippen LogP contribution is -2.36. The number of halogens is 1. The van der Waals surface area contributed by atoms with Crippen LogP contribution in [0.15, 0.2) is 53.5 Å². The Morgan fingerprint density at radius 3 is 2.32 bits per heavy atom. The van der Waals surface area contributed by atoms with Crippen LogP contribution in [0.1, 0.15) is 23.6 Å². The summed E-state index contributed by atoms with van der Waals surface area (Å²) in [6.07, 6.45) is 0. The van der Waals surface area contributed by atoms with Crippen LogP contribution in [-0.2, 0) is 19.6 Å². The van der Waals surface area contributed by atoms with Gasteiger partial charge in [-0.3, -0.25) is 0 Å². The summed E-state index contributed by atoms with van der Waals surface area (Å²) in [6, 6.07) is 16.4. The van der Waals surface area contributed by atoms with Crippen LogP contribution >= 0.6 is 11.6 Å². The lowest BCUT2D eigenvalue weighted by Gasteiger charge is -2.12. The fourth-order valence-corrected chi connectivity index (χ4v) is 2.65. The molecule has 0 fully saturated rings. The highest BCUT2D eigenvalue weighted by atomic mass is 35.5. The molecule has 0 saturated carbocycles. The van der Waals surface area contributed by atoms with Gasteiger partial charge in [-0.2, -0.15) is 0 Å². The van der Waals surface area contributed by atoms with Crippen LogP contribution in [0.25, 0.3) is 0 Å². The Hall–Kier alpha value is -2.04. The topological polar surface area (TPSA) is 39.7 Å². The fourth-order valence-electron chi connectivity index (χ4n) is 2.45. The molecule has 0 aromatic heterocycles. The third-order valence-corrected chi connectivity index (χ3v) is 4.06. The molecule has 0 aliphatic carbocycles. The van der Waals surface area contributed by atoms with E-state index in [9.17, 15) is 0 Å².